The van der Waals surface area contributed by atoms with Crippen LogP contribution in [0, 0.1) is 5.92 Å². The highest BCUT2D eigenvalue weighted by Crippen LogP contribution is 2.17. The number of rotatable bonds is 2. The fourth-order valence-corrected chi connectivity index (χ4v) is 0.979. The fourth-order valence-electron chi connectivity index (χ4n) is 0.979. The molecule has 0 bridgehead atoms. The van der Waals surface area contributed by atoms with E-state index in [4.69, 9.17) is 4.74 Å². The number of hydrogen-bond acceptors (Lipinski definition) is 2. The molecule has 0 radical (unpaired) electrons. The van der Waals surface area contributed by atoms with Crippen molar-refractivity contribution in [2.45, 2.75) is 39.5 Å². The smallest absolute Gasteiger partial charge is 0.151 e. The second-order valence-electron chi connectivity index (χ2n) is 2.92. The van der Waals surface area contributed by atoms with Crippen LogP contribution in [0.5, 0.6) is 0 Å². The van der Waals surface area contributed by atoms with Crippen LogP contribution in [0.1, 0.15) is 27.2 Å². The Bertz CT molecular complexity index is 133. The van der Waals surface area contributed by atoms with Gasteiger partial charge in [0.2, 0.25) is 0 Å². The molecule has 0 spiro atoms. The first-order valence-corrected chi connectivity index (χ1v) is 3.92. The van der Waals surface area contributed by atoms with Crippen LogP contribution in [0.15, 0.2) is 4.99 Å². The third-order valence-corrected chi connectivity index (χ3v) is 1.93. The van der Waals surface area contributed by atoms with Crippen LogP contribution >= 0.6 is 0 Å². The Morgan fingerprint density at radius 3 is 2.80 bits per heavy atom. The fraction of sp³-hybridized carbons (Fsp3) is 0.875. The summed E-state index contributed by atoms with van der Waals surface area (Å²) in [7, 11) is 0. The molecular weight excluding hydrogens is 126 g/mol. The molecule has 0 unspecified atom stereocenters. The topological polar surface area (TPSA) is 21.6 Å². The first kappa shape index (κ1) is 7.73. The van der Waals surface area contributed by atoms with Gasteiger partial charge in [0.25, 0.3) is 0 Å². The van der Waals surface area contributed by atoms with Crippen LogP contribution in [-0.2, 0) is 4.74 Å². The van der Waals surface area contributed by atoms with Crippen LogP contribution in [0.3, 0.4) is 0 Å². The zero-order chi connectivity index (χ0) is 7.56. The molecule has 0 amide bonds. The quantitative estimate of drug-likeness (QED) is 0.575. The van der Waals surface area contributed by atoms with Gasteiger partial charge in [-0.3, -0.25) is 4.99 Å². The third-order valence-electron chi connectivity index (χ3n) is 1.93. The van der Waals surface area contributed by atoms with Crippen molar-refractivity contribution in [1.82, 2.24) is 0 Å². The molecule has 1 aliphatic rings. The van der Waals surface area contributed by atoms with E-state index in [0.29, 0.717) is 5.92 Å². The molecule has 0 fully saturated rings. The minimum absolute atomic E-state index is 0.125. The predicted octanol–water partition coefficient (Wildman–Crippen LogP) is 1.85. The minimum atomic E-state index is 0.125. The van der Waals surface area contributed by atoms with Gasteiger partial charge in [-0.15, -0.1) is 0 Å². The summed E-state index contributed by atoms with van der Waals surface area (Å²) in [5.41, 5.74) is 0. The van der Waals surface area contributed by atoms with Crippen LogP contribution in [0.25, 0.3) is 0 Å². The van der Waals surface area contributed by atoms with Gasteiger partial charge in [-0.05, 0) is 13.3 Å². The number of nitrogens with zero attached hydrogens (tertiary/aromatic N) is 1. The Labute approximate surface area is 62.3 Å². The maximum atomic E-state index is 5.49. The lowest BCUT2D eigenvalue weighted by molar-refractivity contribution is 0.0250. The molecule has 1 rings (SSSR count). The van der Waals surface area contributed by atoms with E-state index in [1.807, 2.05) is 13.1 Å². The van der Waals surface area contributed by atoms with Crippen molar-refractivity contribution in [3.63, 3.8) is 0 Å². The van der Waals surface area contributed by atoms with Crippen molar-refractivity contribution in [2.24, 2.45) is 10.9 Å². The van der Waals surface area contributed by atoms with Crippen molar-refractivity contribution < 1.29 is 4.74 Å². The van der Waals surface area contributed by atoms with Gasteiger partial charge in [0.15, 0.2) is 6.23 Å². The molecule has 1 aliphatic heterocycles. The standard InChI is InChI=1S/C8H15NO/c1-4-6(2)8-9-5-7(3)10-8/h5-8H,4H2,1-3H3/t6-,7-,8+/m0/s1. The van der Waals surface area contributed by atoms with E-state index in [-0.39, 0.29) is 12.3 Å². The minimum Gasteiger partial charge on any atom is -0.348 e. The maximum absolute atomic E-state index is 5.49. The second kappa shape index (κ2) is 3.15. The van der Waals surface area contributed by atoms with E-state index in [2.05, 4.69) is 18.8 Å². The SMILES string of the molecule is CC[C@H](C)[C@@H]1N=C[C@H](C)O1. The highest BCUT2D eigenvalue weighted by atomic mass is 16.5. The first-order chi connectivity index (χ1) is 4.74. The summed E-state index contributed by atoms with van der Waals surface area (Å²) in [6.45, 7) is 6.35. The van der Waals surface area contributed by atoms with Crippen molar-refractivity contribution in [2.75, 3.05) is 0 Å². The Kier molecular flexibility index (Phi) is 2.44. The van der Waals surface area contributed by atoms with E-state index in [1.54, 1.807) is 0 Å². The Hall–Kier alpha value is -0.370. The number of aliphatic imine (C=N–C) groups is 1. The molecule has 0 aromatic rings. The average Bonchev–Trinajstić information content (AvgIpc) is 2.34. The Morgan fingerprint density at radius 1 is 1.70 bits per heavy atom. The van der Waals surface area contributed by atoms with Gasteiger partial charge in [0.1, 0.15) is 0 Å². The van der Waals surface area contributed by atoms with Crippen molar-refractivity contribution in [1.29, 1.82) is 0 Å². The lowest BCUT2D eigenvalue weighted by Crippen LogP contribution is -2.17. The summed E-state index contributed by atoms with van der Waals surface area (Å²) in [6, 6.07) is 0. The summed E-state index contributed by atoms with van der Waals surface area (Å²) >= 11 is 0. The van der Waals surface area contributed by atoms with Gasteiger partial charge in [-0.2, -0.15) is 0 Å². The number of ether oxygens (including phenoxy) is 1. The Morgan fingerprint density at radius 2 is 2.40 bits per heavy atom. The third kappa shape index (κ3) is 1.57. The summed E-state index contributed by atoms with van der Waals surface area (Å²) in [4.78, 5) is 4.24. The summed E-state index contributed by atoms with van der Waals surface area (Å²) in [5, 5.41) is 0. The van der Waals surface area contributed by atoms with Gasteiger partial charge in [0, 0.05) is 12.1 Å². The maximum Gasteiger partial charge on any atom is 0.151 e. The van der Waals surface area contributed by atoms with E-state index >= 15 is 0 Å². The van der Waals surface area contributed by atoms with Crippen LogP contribution in [-0.4, -0.2) is 18.5 Å². The number of hydrogen-bond donors (Lipinski definition) is 0. The van der Waals surface area contributed by atoms with Crippen molar-refractivity contribution in [3.8, 4) is 0 Å². The summed E-state index contributed by atoms with van der Waals surface area (Å²) < 4.78 is 5.49. The van der Waals surface area contributed by atoms with E-state index in [1.165, 1.54) is 0 Å². The molecule has 0 aromatic carbocycles. The van der Waals surface area contributed by atoms with Crippen LogP contribution in [0.4, 0.5) is 0 Å². The predicted molar refractivity (Wildman–Crippen MR) is 42.3 cm³/mol. The Balaban J connectivity index is 2.38. The van der Waals surface area contributed by atoms with E-state index < -0.39 is 0 Å². The van der Waals surface area contributed by atoms with Gasteiger partial charge < -0.3 is 4.74 Å². The summed E-state index contributed by atoms with van der Waals surface area (Å²) in [6.07, 6.45) is 3.37. The molecule has 0 N–H and O–H groups in total. The van der Waals surface area contributed by atoms with E-state index in [9.17, 15) is 0 Å². The average molecular weight is 141 g/mol. The first-order valence-electron chi connectivity index (χ1n) is 3.92. The van der Waals surface area contributed by atoms with E-state index in [0.717, 1.165) is 6.42 Å². The van der Waals surface area contributed by atoms with Gasteiger partial charge in [-0.1, -0.05) is 13.8 Å². The van der Waals surface area contributed by atoms with Crippen LogP contribution in [0.2, 0.25) is 0 Å². The van der Waals surface area contributed by atoms with Gasteiger partial charge >= 0.3 is 0 Å². The highest BCUT2D eigenvalue weighted by Gasteiger charge is 2.21. The lowest BCUT2D eigenvalue weighted by atomic mass is 10.1. The molecule has 58 valence electrons. The van der Waals surface area contributed by atoms with Crippen molar-refractivity contribution >= 4 is 6.21 Å². The van der Waals surface area contributed by atoms with Crippen molar-refractivity contribution in [3.05, 3.63) is 0 Å². The monoisotopic (exact) mass is 141 g/mol. The second-order valence-corrected chi connectivity index (χ2v) is 2.92. The zero-order valence-electron chi connectivity index (χ0n) is 6.87. The molecular formula is C8H15NO. The lowest BCUT2D eigenvalue weighted by Gasteiger charge is -2.15. The molecule has 0 saturated carbocycles. The summed E-state index contributed by atoms with van der Waals surface area (Å²) in [5.74, 6) is 0.557. The molecule has 2 heteroatoms. The molecule has 1 heterocycles. The molecule has 0 aromatic heterocycles. The van der Waals surface area contributed by atoms with Gasteiger partial charge in [0.05, 0.1) is 6.10 Å². The largest absolute Gasteiger partial charge is 0.348 e. The highest BCUT2D eigenvalue weighted by molar-refractivity contribution is 5.64. The van der Waals surface area contributed by atoms with Gasteiger partial charge in [-0.25, -0.2) is 0 Å². The molecule has 2 nitrogen and oxygen atoms in total. The molecule has 0 saturated heterocycles. The molecule has 3 atom stereocenters. The van der Waals surface area contributed by atoms with Crippen LogP contribution < -0.4 is 0 Å². The normalized spacial score (nSPS) is 34.7. The molecule has 10 heavy (non-hydrogen) atoms. The zero-order valence-corrected chi connectivity index (χ0v) is 6.87. The molecule has 0 aliphatic carbocycles.